The molecule has 0 heterocycles. The number of hydrogen-bond donors (Lipinski definition) is 0. The molecule has 178 valence electrons. The van der Waals surface area contributed by atoms with Gasteiger partial charge in [-0.2, -0.15) is 0 Å². The second-order valence-corrected chi connectivity index (χ2v) is 8.28. The van der Waals surface area contributed by atoms with Crippen LogP contribution in [-0.4, -0.2) is 12.3 Å². The predicted octanol–water partition coefficient (Wildman–Crippen LogP) is 7.77. The Bertz CT molecular complexity index is 1390. The van der Waals surface area contributed by atoms with Gasteiger partial charge < -0.3 is 18.9 Å². The first-order valence-corrected chi connectivity index (χ1v) is 11.3. The number of hydrogen-bond acceptors (Lipinski definition) is 6. The first-order valence-electron chi connectivity index (χ1n) is 11.3. The number of aryl methyl sites for hydroxylation is 2. The van der Waals surface area contributed by atoms with E-state index in [4.69, 9.17) is 18.9 Å². The van der Waals surface area contributed by atoms with Crippen molar-refractivity contribution < 1.29 is 28.5 Å². The van der Waals surface area contributed by atoms with Crippen molar-refractivity contribution in [1.82, 2.24) is 0 Å². The summed E-state index contributed by atoms with van der Waals surface area (Å²) in [4.78, 5) is 25.4. The second-order valence-electron chi connectivity index (χ2n) is 8.28. The molecule has 0 fully saturated rings. The molecule has 0 atom stereocenters. The average molecular weight is 479 g/mol. The van der Waals surface area contributed by atoms with Gasteiger partial charge in [-0.25, -0.2) is 9.59 Å². The van der Waals surface area contributed by atoms with E-state index in [0.29, 0.717) is 44.5 Å². The minimum atomic E-state index is -0.874. The fraction of sp³-hybridized carbons (Fsp3) is 0.0667. The third kappa shape index (κ3) is 4.83. The average Bonchev–Trinajstić information content (AvgIpc) is 2.88. The van der Waals surface area contributed by atoms with E-state index in [-0.39, 0.29) is 0 Å². The molecule has 5 aromatic rings. The molecule has 0 N–H and O–H groups in total. The fourth-order valence-corrected chi connectivity index (χ4v) is 3.88. The summed E-state index contributed by atoms with van der Waals surface area (Å²) in [6.45, 7) is 3.89. The maximum absolute atomic E-state index is 12.7. The van der Waals surface area contributed by atoms with Crippen LogP contribution in [0, 0.1) is 13.8 Å². The van der Waals surface area contributed by atoms with Crippen LogP contribution in [-0.2, 0) is 0 Å². The standard InChI is InChI=1S/C30H22O6/c1-19-11-15-21(16-12-19)33-29(31)35-27-23-7-3-5-9-25(23)28(26-10-6-4-8-24(26)27)36-30(32)34-22-17-13-20(2)14-18-22/h3-18H,1-2H3. The molecular weight excluding hydrogens is 456 g/mol. The largest absolute Gasteiger partial charge is 0.519 e. The molecule has 0 aliphatic carbocycles. The van der Waals surface area contributed by atoms with E-state index in [1.165, 1.54) is 0 Å². The van der Waals surface area contributed by atoms with Gasteiger partial charge in [0.25, 0.3) is 0 Å². The molecule has 6 heteroatoms. The van der Waals surface area contributed by atoms with Crippen molar-refractivity contribution in [2.75, 3.05) is 0 Å². The highest BCUT2D eigenvalue weighted by Crippen LogP contribution is 2.43. The summed E-state index contributed by atoms with van der Waals surface area (Å²) in [5, 5.41) is 2.32. The molecule has 0 unspecified atom stereocenters. The minimum absolute atomic E-state index is 0.303. The second kappa shape index (κ2) is 9.80. The maximum Gasteiger partial charge on any atom is 0.519 e. The molecule has 0 amide bonds. The van der Waals surface area contributed by atoms with E-state index in [2.05, 4.69) is 0 Å². The van der Waals surface area contributed by atoms with E-state index in [0.717, 1.165) is 11.1 Å². The molecule has 36 heavy (non-hydrogen) atoms. The van der Waals surface area contributed by atoms with Gasteiger partial charge in [-0.05, 0) is 38.1 Å². The van der Waals surface area contributed by atoms with Crippen LogP contribution in [0.1, 0.15) is 11.1 Å². The summed E-state index contributed by atoms with van der Waals surface area (Å²) in [6.07, 6.45) is -1.75. The van der Waals surface area contributed by atoms with Crippen molar-refractivity contribution in [3.05, 3.63) is 108 Å². The quantitative estimate of drug-likeness (QED) is 0.149. The van der Waals surface area contributed by atoms with Crippen molar-refractivity contribution >= 4 is 33.9 Å². The lowest BCUT2D eigenvalue weighted by molar-refractivity contribution is 0.151. The van der Waals surface area contributed by atoms with Crippen LogP contribution in [0.15, 0.2) is 97.1 Å². The summed E-state index contributed by atoms with van der Waals surface area (Å²) in [6, 6.07) is 28.5. The summed E-state index contributed by atoms with van der Waals surface area (Å²) in [7, 11) is 0. The van der Waals surface area contributed by atoms with Gasteiger partial charge in [-0.15, -0.1) is 0 Å². The van der Waals surface area contributed by atoms with Crippen LogP contribution < -0.4 is 18.9 Å². The Balaban J connectivity index is 1.51. The summed E-state index contributed by atoms with van der Waals surface area (Å²) in [5.74, 6) is 1.35. The number of carbonyl (C=O) groups excluding carboxylic acids is 2. The third-order valence-corrected chi connectivity index (χ3v) is 5.65. The van der Waals surface area contributed by atoms with E-state index < -0.39 is 12.3 Å². The first-order chi connectivity index (χ1) is 17.5. The van der Waals surface area contributed by atoms with Crippen molar-refractivity contribution in [2.24, 2.45) is 0 Å². The van der Waals surface area contributed by atoms with Gasteiger partial charge >= 0.3 is 12.3 Å². The zero-order chi connectivity index (χ0) is 25.1. The Morgan fingerprint density at radius 2 is 0.750 bits per heavy atom. The summed E-state index contributed by atoms with van der Waals surface area (Å²) >= 11 is 0. The van der Waals surface area contributed by atoms with E-state index in [9.17, 15) is 9.59 Å². The van der Waals surface area contributed by atoms with E-state index in [1.54, 1.807) is 48.5 Å². The summed E-state index contributed by atoms with van der Waals surface area (Å²) < 4.78 is 22.2. The summed E-state index contributed by atoms with van der Waals surface area (Å²) in [5.41, 5.74) is 2.09. The Morgan fingerprint density at radius 1 is 0.444 bits per heavy atom. The number of rotatable bonds is 4. The normalized spacial score (nSPS) is 10.7. The molecule has 0 radical (unpaired) electrons. The predicted molar refractivity (Wildman–Crippen MR) is 137 cm³/mol. The smallest absolute Gasteiger partial charge is 0.395 e. The lowest BCUT2D eigenvalue weighted by Gasteiger charge is -2.16. The van der Waals surface area contributed by atoms with Gasteiger partial charge in [-0.1, -0.05) is 83.9 Å². The molecule has 6 nitrogen and oxygen atoms in total. The molecule has 0 spiro atoms. The van der Waals surface area contributed by atoms with Crippen LogP contribution in [0.3, 0.4) is 0 Å². The Labute approximate surface area is 207 Å². The van der Waals surface area contributed by atoms with Gasteiger partial charge in [0, 0.05) is 21.5 Å². The van der Waals surface area contributed by atoms with E-state index >= 15 is 0 Å². The van der Waals surface area contributed by atoms with Gasteiger partial charge in [0.05, 0.1) is 0 Å². The maximum atomic E-state index is 12.7. The van der Waals surface area contributed by atoms with Crippen LogP contribution in [0.4, 0.5) is 9.59 Å². The highest BCUT2D eigenvalue weighted by molar-refractivity contribution is 6.12. The third-order valence-electron chi connectivity index (χ3n) is 5.65. The minimum Gasteiger partial charge on any atom is -0.395 e. The number of benzene rings is 5. The Hall–Kier alpha value is -4.84. The lowest BCUT2D eigenvalue weighted by Crippen LogP contribution is -2.16. The van der Waals surface area contributed by atoms with Crippen LogP contribution in [0.5, 0.6) is 23.0 Å². The SMILES string of the molecule is Cc1ccc(OC(=O)Oc2c3ccccc3c(OC(=O)Oc3ccc(C)cc3)c3ccccc23)cc1. The molecule has 0 aliphatic heterocycles. The van der Waals surface area contributed by atoms with Gasteiger partial charge in [0.15, 0.2) is 0 Å². The van der Waals surface area contributed by atoms with Crippen molar-refractivity contribution in [3.8, 4) is 23.0 Å². The van der Waals surface area contributed by atoms with Gasteiger partial charge in [0.2, 0.25) is 0 Å². The molecular formula is C30H22O6. The van der Waals surface area contributed by atoms with Crippen LogP contribution in [0.2, 0.25) is 0 Å². The Morgan fingerprint density at radius 3 is 1.06 bits per heavy atom. The number of carbonyl (C=O) groups is 2. The molecule has 0 saturated carbocycles. The molecule has 5 rings (SSSR count). The molecule has 0 aromatic heterocycles. The van der Waals surface area contributed by atoms with E-state index in [1.807, 2.05) is 62.4 Å². The van der Waals surface area contributed by atoms with Crippen molar-refractivity contribution in [3.63, 3.8) is 0 Å². The lowest BCUT2D eigenvalue weighted by atomic mass is 10.0. The number of ether oxygens (including phenoxy) is 4. The number of fused-ring (bicyclic) bond motifs is 2. The monoisotopic (exact) mass is 478 g/mol. The van der Waals surface area contributed by atoms with Gasteiger partial charge in [-0.3, -0.25) is 0 Å². The molecule has 0 bridgehead atoms. The van der Waals surface area contributed by atoms with Crippen molar-refractivity contribution in [2.45, 2.75) is 13.8 Å². The molecule has 0 aliphatic rings. The zero-order valence-corrected chi connectivity index (χ0v) is 19.7. The highest BCUT2D eigenvalue weighted by atomic mass is 16.7. The fourth-order valence-electron chi connectivity index (χ4n) is 3.88. The topological polar surface area (TPSA) is 71.1 Å². The van der Waals surface area contributed by atoms with Gasteiger partial charge in [0.1, 0.15) is 23.0 Å². The first kappa shape index (κ1) is 22.9. The molecule has 5 aromatic carbocycles. The van der Waals surface area contributed by atoms with Crippen LogP contribution >= 0.6 is 0 Å². The van der Waals surface area contributed by atoms with Crippen molar-refractivity contribution in [1.29, 1.82) is 0 Å². The zero-order valence-electron chi connectivity index (χ0n) is 19.7. The molecule has 0 saturated heterocycles. The highest BCUT2D eigenvalue weighted by Gasteiger charge is 2.21. The Kier molecular flexibility index (Phi) is 6.24. The van der Waals surface area contributed by atoms with Crippen LogP contribution in [0.25, 0.3) is 21.5 Å².